The van der Waals surface area contributed by atoms with Crippen LogP contribution in [0.5, 0.6) is 0 Å². The molecule has 1 heterocycles. The van der Waals surface area contributed by atoms with Gasteiger partial charge in [-0.3, -0.25) is 0 Å². The summed E-state index contributed by atoms with van der Waals surface area (Å²) in [5.74, 6) is -0.446. The summed E-state index contributed by atoms with van der Waals surface area (Å²) < 4.78 is 5.18. The molecule has 0 aliphatic carbocycles. The summed E-state index contributed by atoms with van der Waals surface area (Å²) in [5, 5.41) is 12.1. The fraction of sp³-hybridized carbons (Fsp3) is 0.867. The first-order valence-corrected chi connectivity index (χ1v) is 7.51. The molecule has 0 aromatic rings. The van der Waals surface area contributed by atoms with Crippen molar-refractivity contribution in [3.63, 3.8) is 0 Å². The zero-order valence-corrected chi connectivity index (χ0v) is 13.7. The fourth-order valence-corrected chi connectivity index (χ4v) is 2.53. The molecule has 0 atom stereocenters. The van der Waals surface area contributed by atoms with Crippen LogP contribution in [-0.2, 0) is 9.53 Å². The zero-order chi connectivity index (χ0) is 16.3. The number of carboxylic acid groups (broad SMARTS) is 1. The van der Waals surface area contributed by atoms with E-state index in [1.54, 1.807) is 20.8 Å². The number of aliphatic carboxylic acids is 1. The van der Waals surface area contributed by atoms with Crippen LogP contribution in [0.1, 0.15) is 47.5 Å². The summed E-state index contributed by atoms with van der Waals surface area (Å²) in [7, 11) is 0. The molecule has 0 aromatic carbocycles. The van der Waals surface area contributed by atoms with E-state index in [0.29, 0.717) is 31.8 Å². The van der Waals surface area contributed by atoms with Gasteiger partial charge in [0.25, 0.3) is 0 Å². The second-order valence-electron chi connectivity index (χ2n) is 7.21. The number of amides is 1. The number of carbonyl (C=O) groups excluding carboxylic acids is 1. The Balaban J connectivity index is 2.66. The van der Waals surface area contributed by atoms with Crippen molar-refractivity contribution in [1.82, 2.24) is 10.2 Å². The summed E-state index contributed by atoms with van der Waals surface area (Å²) in [6, 6.07) is 0. The van der Waals surface area contributed by atoms with E-state index in [-0.39, 0.29) is 0 Å². The van der Waals surface area contributed by atoms with Gasteiger partial charge in [-0.15, -0.1) is 0 Å². The van der Waals surface area contributed by atoms with E-state index in [0.717, 1.165) is 6.54 Å². The Bertz CT molecular complexity index is 380. The highest BCUT2D eigenvalue weighted by Gasteiger charge is 2.43. The van der Waals surface area contributed by atoms with Gasteiger partial charge in [0.1, 0.15) is 11.1 Å². The smallest absolute Gasteiger partial charge is 0.408 e. The number of ether oxygens (including phenoxy) is 1. The lowest BCUT2D eigenvalue weighted by Crippen LogP contribution is -2.60. The molecule has 1 amide bonds. The van der Waals surface area contributed by atoms with Crippen LogP contribution < -0.4 is 5.32 Å². The van der Waals surface area contributed by atoms with Crippen LogP contribution in [0.2, 0.25) is 0 Å². The van der Waals surface area contributed by atoms with Crippen molar-refractivity contribution in [1.29, 1.82) is 0 Å². The van der Waals surface area contributed by atoms with Crippen LogP contribution in [-0.4, -0.2) is 52.8 Å². The maximum atomic E-state index is 11.9. The molecule has 1 aliphatic rings. The lowest BCUT2D eigenvalue weighted by molar-refractivity contribution is -0.147. The van der Waals surface area contributed by atoms with Crippen LogP contribution in [0.3, 0.4) is 0 Å². The van der Waals surface area contributed by atoms with Crippen molar-refractivity contribution in [2.24, 2.45) is 5.92 Å². The molecule has 122 valence electrons. The van der Waals surface area contributed by atoms with Crippen molar-refractivity contribution in [2.75, 3.05) is 19.6 Å². The minimum Gasteiger partial charge on any atom is -0.480 e. The molecule has 1 saturated heterocycles. The predicted octanol–water partition coefficient (Wildman–Crippen LogP) is 2.09. The molecule has 1 rings (SSSR count). The lowest BCUT2D eigenvalue weighted by Gasteiger charge is -2.40. The van der Waals surface area contributed by atoms with Gasteiger partial charge >= 0.3 is 12.1 Å². The van der Waals surface area contributed by atoms with Gasteiger partial charge in [0.15, 0.2) is 0 Å². The molecule has 0 unspecified atom stereocenters. The maximum Gasteiger partial charge on any atom is 0.408 e. The summed E-state index contributed by atoms with van der Waals surface area (Å²) >= 11 is 0. The highest BCUT2D eigenvalue weighted by atomic mass is 16.6. The number of piperidine rings is 1. The SMILES string of the molecule is CC(C)CN1CCC(NC(=O)OC(C)(C)C)(C(=O)O)CC1. The van der Waals surface area contributed by atoms with Gasteiger partial charge in [-0.25, -0.2) is 9.59 Å². The van der Waals surface area contributed by atoms with Crippen LogP contribution in [0.25, 0.3) is 0 Å². The molecule has 21 heavy (non-hydrogen) atoms. The first-order valence-electron chi connectivity index (χ1n) is 7.51. The Morgan fingerprint density at radius 3 is 2.19 bits per heavy atom. The third kappa shape index (κ3) is 5.53. The number of hydrogen-bond acceptors (Lipinski definition) is 4. The molecule has 0 radical (unpaired) electrons. The minimum atomic E-state index is -1.21. The maximum absolute atomic E-state index is 11.9. The average Bonchev–Trinajstić information content (AvgIpc) is 2.28. The molecule has 0 bridgehead atoms. The number of nitrogens with one attached hydrogen (secondary N) is 1. The third-order valence-electron chi connectivity index (χ3n) is 3.48. The molecule has 1 fully saturated rings. The second-order valence-corrected chi connectivity index (χ2v) is 7.21. The average molecular weight is 300 g/mol. The van der Waals surface area contributed by atoms with E-state index in [4.69, 9.17) is 4.74 Å². The number of likely N-dealkylation sites (tertiary alicyclic amines) is 1. The minimum absolute atomic E-state index is 0.397. The van der Waals surface area contributed by atoms with Crippen molar-refractivity contribution in [2.45, 2.75) is 58.6 Å². The topological polar surface area (TPSA) is 78.9 Å². The quantitative estimate of drug-likeness (QED) is 0.831. The molecule has 0 saturated carbocycles. The highest BCUT2D eigenvalue weighted by Crippen LogP contribution is 2.24. The highest BCUT2D eigenvalue weighted by molar-refractivity contribution is 5.84. The molecular formula is C15H28N2O4. The van der Waals surface area contributed by atoms with Crippen LogP contribution >= 0.6 is 0 Å². The number of alkyl carbamates (subject to hydrolysis) is 1. The van der Waals surface area contributed by atoms with Gasteiger partial charge in [-0.2, -0.15) is 0 Å². The number of nitrogens with zero attached hydrogens (tertiary/aromatic N) is 1. The lowest BCUT2D eigenvalue weighted by atomic mass is 9.87. The molecular weight excluding hydrogens is 272 g/mol. The second kappa shape index (κ2) is 6.64. The van der Waals surface area contributed by atoms with Gasteiger partial charge in [0.2, 0.25) is 0 Å². The zero-order valence-electron chi connectivity index (χ0n) is 13.7. The third-order valence-corrected chi connectivity index (χ3v) is 3.48. The molecule has 0 aromatic heterocycles. The first-order chi connectivity index (χ1) is 9.54. The number of carboxylic acids is 1. The number of rotatable bonds is 4. The van der Waals surface area contributed by atoms with E-state index in [1.165, 1.54) is 0 Å². The molecule has 2 N–H and O–H groups in total. The van der Waals surface area contributed by atoms with Gasteiger partial charge in [0, 0.05) is 19.6 Å². The van der Waals surface area contributed by atoms with Gasteiger partial charge in [-0.05, 0) is 39.5 Å². The summed E-state index contributed by atoms with van der Waals surface area (Å²) in [4.78, 5) is 25.7. The van der Waals surface area contributed by atoms with E-state index in [9.17, 15) is 14.7 Å². The Morgan fingerprint density at radius 2 is 1.81 bits per heavy atom. The van der Waals surface area contributed by atoms with Crippen molar-refractivity contribution in [3.8, 4) is 0 Å². The molecule has 1 aliphatic heterocycles. The van der Waals surface area contributed by atoms with Crippen LogP contribution in [0, 0.1) is 5.92 Å². The number of carbonyl (C=O) groups is 2. The largest absolute Gasteiger partial charge is 0.480 e. The molecule has 0 spiro atoms. The fourth-order valence-electron chi connectivity index (χ4n) is 2.53. The molecule has 6 nitrogen and oxygen atoms in total. The van der Waals surface area contributed by atoms with Crippen molar-refractivity contribution in [3.05, 3.63) is 0 Å². The monoisotopic (exact) mass is 300 g/mol. The van der Waals surface area contributed by atoms with E-state index >= 15 is 0 Å². The van der Waals surface area contributed by atoms with Crippen molar-refractivity contribution < 1.29 is 19.4 Å². The van der Waals surface area contributed by atoms with Gasteiger partial charge in [0.05, 0.1) is 0 Å². The Labute approximate surface area is 126 Å². The van der Waals surface area contributed by atoms with E-state index < -0.39 is 23.2 Å². The molecule has 6 heteroatoms. The Morgan fingerprint density at radius 1 is 1.29 bits per heavy atom. The van der Waals surface area contributed by atoms with Crippen LogP contribution in [0.15, 0.2) is 0 Å². The summed E-state index contributed by atoms with van der Waals surface area (Å²) in [6.45, 7) is 11.8. The summed E-state index contributed by atoms with van der Waals surface area (Å²) in [5.41, 5.74) is -1.85. The standard InChI is InChI=1S/C15H28N2O4/c1-11(2)10-17-8-6-15(7-9-17,12(18)19)16-13(20)21-14(3,4)5/h11H,6-10H2,1-5H3,(H,16,20)(H,18,19). The summed E-state index contributed by atoms with van der Waals surface area (Å²) in [6.07, 6.45) is 0.130. The predicted molar refractivity (Wildman–Crippen MR) is 80.2 cm³/mol. The van der Waals surface area contributed by atoms with Crippen LogP contribution in [0.4, 0.5) is 4.79 Å². The van der Waals surface area contributed by atoms with Gasteiger partial charge in [-0.1, -0.05) is 13.8 Å². The van der Waals surface area contributed by atoms with Crippen molar-refractivity contribution >= 4 is 12.1 Å². The number of hydrogen-bond donors (Lipinski definition) is 2. The first kappa shape index (κ1) is 17.8. The Hall–Kier alpha value is -1.30. The van der Waals surface area contributed by atoms with E-state index in [2.05, 4.69) is 24.1 Å². The normalized spacial score (nSPS) is 19.3. The Kier molecular flexibility index (Phi) is 5.61. The van der Waals surface area contributed by atoms with Gasteiger partial charge < -0.3 is 20.1 Å². The van der Waals surface area contributed by atoms with E-state index in [1.807, 2.05) is 0 Å².